The van der Waals surface area contributed by atoms with Gasteiger partial charge in [0.05, 0.1) is 5.56 Å². The second-order valence-electron chi connectivity index (χ2n) is 5.47. The number of H-pyrrole nitrogens is 1. The molecule has 1 aliphatic rings. The summed E-state index contributed by atoms with van der Waals surface area (Å²) < 4.78 is 0. The van der Waals surface area contributed by atoms with Crippen LogP contribution in [0.3, 0.4) is 0 Å². The van der Waals surface area contributed by atoms with Crippen molar-refractivity contribution in [3.05, 3.63) is 34.2 Å². The zero-order chi connectivity index (χ0) is 14.8. The van der Waals surface area contributed by atoms with Gasteiger partial charge >= 0.3 is 5.97 Å². The lowest BCUT2D eigenvalue weighted by Crippen LogP contribution is -2.56. The van der Waals surface area contributed by atoms with Crippen molar-refractivity contribution in [2.75, 3.05) is 0 Å². The van der Waals surface area contributed by atoms with Crippen LogP contribution in [0, 0.1) is 5.92 Å². The van der Waals surface area contributed by atoms with Crippen LogP contribution in [-0.4, -0.2) is 27.5 Å². The van der Waals surface area contributed by atoms with Crippen LogP contribution in [0.2, 0.25) is 0 Å². The quantitative estimate of drug-likeness (QED) is 0.772. The maximum atomic E-state index is 12.1. The Kier molecular flexibility index (Phi) is 3.92. The van der Waals surface area contributed by atoms with Crippen molar-refractivity contribution in [3.63, 3.8) is 0 Å². The SMILES string of the molecule is CC1CCC(NC(=O)c2ccc(=O)[nH]c2)(C(=O)O)CC1. The first kappa shape index (κ1) is 14.3. The number of carboxylic acid groups (broad SMARTS) is 1. The summed E-state index contributed by atoms with van der Waals surface area (Å²) in [4.78, 5) is 37.0. The lowest BCUT2D eigenvalue weighted by molar-refractivity contribution is -0.146. The highest BCUT2D eigenvalue weighted by atomic mass is 16.4. The van der Waals surface area contributed by atoms with E-state index in [1.807, 2.05) is 0 Å². The number of hydrogen-bond donors (Lipinski definition) is 3. The van der Waals surface area contributed by atoms with Gasteiger partial charge in [-0.3, -0.25) is 9.59 Å². The summed E-state index contributed by atoms with van der Waals surface area (Å²) in [6.07, 6.45) is 3.70. The van der Waals surface area contributed by atoms with Gasteiger partial charge in [-0.1, -0.05) is 6.92 Å². The van der Waals surface area contributed by atoms with E-state index in [0.717, 1.165) is 12.8 Å². The van der Waals surface area contributed by atoms with E-state index in [0.29, 0.717) is 18.8 Å². The average Bonchev–Trinajstić information content (AvgIpc) is 2.42. The van der Waals surface area contributed by atoms with Crippen molar-refractivity contribution in [2.24, 2.45) is 5.92 Å². The van der Waals surface area contributed by atoms with Gasteiger partial charge in [-0.05, 0) is 37.7 Å². The summed E-state index contributed by atoms with van der Waals surface area (Å²) in [5.74, 6) is -0.993. The van der Waals surface area contributed by atoms with E-state index in [1.165, 1.54) is 18.3 Å². The zero-order valence-electron chi connectivity index (χ0n) is 11.3. The molecule has 0 unspecified atom stereocenters. The van der Waals surface area contributed by atoms with Crippen LogP contribution in [0.5, 0.6) is 0 Å². The van der Waals surface area contributed by atoms with E-state index in [-0.39, 0.29) is 11.1 Å². The first-order valence-electron chi connectivity index (χ1n) is 6.67. The minimum Gasteiger partial charge on any atom is -0.480 e. The third-order valence-corrected chi connectivity index (χ3v) is 3.94. The number of carboxylic acids is 1. The van der Waals surface area contributed by atoms with Crippen molar-refractivity contribution in [2.45, 2.75) is 38.1 Å². The standard InChI is InChI=1S/C14H18N2O4/c1-9-4-6-14(7-5-9,13(19)20)16-12(18)10-2-3-11(17)15-8-10/h2-3,8-9H,4-7H2,1H3,(H,15,17)(H,16,18)(H,19,20). The van der Waals surface area contributed by atoms with Crippen molar-refractivity contribution in [3.8, 4) is 0 Å². The zero-order valence-corrected chi connectivity index (χ0v) is 11.3. The Morgan fingerprint density at radius 3 is 2.50 bits per heavy atom. The molecule has 3 N–H and O–H groups in total. The number of pyridine rings is 1. The molecule has 0 spiro atoms. The third-order valence-electron chi connectivity index (χ3n) is 3.94. The molecule has 0 aromatic carbocycles. The summed E-state index contributed by atoms with van der Waals surface area (Å²) in [6.45, 7) is 2.08. The number of nitrogens with one attached hydrogen (secondary N) is 2. The maximum absolute atomic E-state index is 12.1. The van der Waals surface area contributed by atoms with E-state index in [1.54, 1.807) is 0 Å². The van der Waals surface area contributed by atoms with Crippen LogP contribution in [0.1, 0.15) is 43.0 Å². The molecule has 1 aliphatic carbocycles. The highest BCUT2D eigenvalue weighted by Gasteiger charge is 2.42. The molecular weight excluding hydrogens is 260 g/mol. The summed E-state index contributed by atoms with van der Waals surface area (Å²) >= 11 is 0. The average molecular weight is 278 g/mol. The fraction of sp³-hybridized carbons (Fsp3) is 0.500. The van der Waals surface area contributed by atoms with Gasteiger partial charge in [-0.2, -0.15) is 0 Å². The highest BCUT2D eigenvalue weighted by molar-refractivity contribution is 5.97. The smallest absolute Gasteiger partial charge is 0.329 e. The molecule has 0 radical (unpaired) electrons. The Morgan fingerprint density at radius 1 is 1.35 bits per heavy atom. The number of aromatic nitrogens is 1. The topological polar surface area (TPSA) is 99.3 Å². The molecule has 1 aromatic heterocycles. The Morgan fingerprint density at radius 2 is 2.00 bits per heavy atom. The van der Waals surface area contributed by atoms with E-state index in [4.69, 9.17) is 0 Å². The first-order valence-corrected chi connectivity index (χ1v) is 6.67. The number of carbonyl (C=O) groups excluding carboxylic acids is 1. The molecule has 0 bridgehead atoms. The molecule has 1 saturated carbocycles. The Bertz CT molecular complexity index is 550. The number of aliphatic carboxylic acids is 1. The minimum atomic E-state index is -1.19. The molecule has 6 nitrogen and oxygen atoms in total. The second-order valence-corrected chi connectivity index (χ2v) is 5.47. The van der Waals surface area contributed by atoms with Crippen molar-refractivity contribution in [1.82, 2.24) is 10.3 Å². The van der Waals surface area contributed by atoms with Gasteiger partial charge in [0.2, 0.25) is 5.56 Å². The highest BCUT2D eigenvalue weighted by Crippen LogP contribution is 2.32. The lowest BCUT2D eigenvalue weighted by Gasteiger charge is -2.36. The molecule has 1 heterocycles. The molecule has 1 amide bonds. The fourth-order valence-electron chi connectivity index (χ4n) is 2.49. The first-order chi connectivity index (χ1) is 9.43. The van der Waals surface area contributed by atoms with E-state index < -0.39 is 17.4 Å². The van der Waals surface area contributed by atoms with Gasteiger partial charge in [0.1, 0.15) is 5.54 Å². The molecular formula is C14H18N2O4. The van der Waals surface area contributed by atoms with Gasteiger partial charge in [-0.15, -0.1) is 0 Å². The van der Waals surface area contributed by atoms with Crippen LogP contribution >= 0.6 is 0 Å². The number of hydrogen-bond acceptors (Lipinski definition) is 3. The van der Waals surface area contributed by atoms with Crippen LogP contribution in [0.25, 0.3) is 0 Å². The molecule has 20 heavy (non-hydrogen) atoms. The van der Waals surface area contributed by atoms with E-state index >= 15 is 0 Å². The molecule has 2 rings (SSSR count). The number of rotatable bonds is 3. The lowest BCUT2D eigenvalue weighted by atomic mass is 9.77. The normalized spacial score (nSPS) is 25.9. The van der Waals surface area contributed by atoms with Crippen LogP contribution in [0.15, 0.2) is 23.1 Å². The van der Waals surface area contributed by atoms with Crippen molar-refractivity contribution >= 4 is 11.9 Å². The Labute approximate surface area is 116 Å². The van der Waals surface area contributed by atoms with E-state index in [9.17, 15) is 19.5 Å². The molecule has 1 fully saturated rings. The van der Waals surface area contributed by atoms with Crippen LogP contribution < -0.4 is 10.9 Å². The molecule has 108 valence electrons. The Balaban J connectivity index is 2.16. The Hall–Kier alpha value is -2.11. The summed E-state index contributed by atoms with van der Waals surface area (Å²) in [6, 6.07) is 2.63. The largest absolute Gasteiger partial charge is 0.480 e. The third kappa shape index (κ3) is 2.89. The van der Waals surface area contributed by atoms with Crippen molar-refractivity contribution in [1.29, 1.82) is 0 Å². The van der Waals surface area contributed by atoms with Crippen molar-refractivity contribution < 1.29 is 14.7 Å². The van der Waals surface area contributed by atoms with Gasteiger partial charge < -0.3 is 15.4 Å². The van der Waals surface area contributed by atoms with Gasteiger partial charge in [0.15, 0.2) is 0 Å². The molecule has 6 heteroatoms. The predicted molar refractivity (Wildman–Crippen MR) is 72.5 cm³/mol. The van der Waals surface area contributed by atoms with E-state index in [2.05, 4.69) is 17.2 Å². The number of aromatic amines is 1. The molecule has 0 saturated heterocycles. The van der Waals surface area contributed by atoms with Gasteiger partial charge in [0.25, 0.3) is 5.91 Å². The minimum absolute atomic E-state index is 0.254. The van der Waals surface area contributed by atoms with Gasteiger partial charge in [0, 0.05) is 12.3 Å². The molecule has 0 atom stereocenters. The molecule has 0 aliphatic heterocycles. The monoisotopic (exact) mass is 278 g/mol. The van der Waals surface area contributed by atoms with Crippen LogP contribution in [-0.2, 0) is 4.79 Å². The maximum Gasteiger partial charge on any atom is 0.329 e. The fourth-order valence-corrected chi connectivity index (χ4v) is 2.49. The summed E-state index contributed by atoms with van der Waals surface area (Å²) in [7, 11) is 0. The second kappa shape index (κ2) is 5.48. The van der Waals surface area contributed by atoms with Gasteiger partial charge in [-0.25, -0.2) is 4.79 Å². The number of carbonyl (C=O) groups is 2. The predicted octanol–water partition coefficient (Wildman–Crippen LogP) is 1.14. The number of amides is 1. The summed E-state index contributed by atoms with van der Waals surface area (Å²) in [5.41, 5.74) is -1.25. The summed E-state index contributed by atoms with van der Waals surface area (Å²) in [5, 5.41) is 12.1. The molecule has 1 aromatic rings. The van der Waals surface area contributed by atoms with Crippen LogP contribution in [0.4, 0.5) is 0 Å².